The smallest absolute Gasteiger partial charge is 0.307 e. The molecule has 0 unspecified atom stereocenters. The van der Waals surface area contributed by atoms with Crippen LogP contribution in [0.1, 0.15) is 32.0 Å². The van der Waals surface area contributed by atoms with Crippen LogP contribution in [0.2, 0.25) is 0 Å². The molecule has 2 aromatic heterocycles. The molecule has 0 fully saturated rings. The number of carboxylic acids is 1. The number of aliphatic carboxylic acids is 1. The van der Waals surface area contributed by atoms with Gasteiger partial charge < -0.3 is 10.1 Å². The highest BCUT2D eigenvalue weighted by atomic mass is 16.4. The molecular weight excluding hydrogens is 216 g/mol. The number of pyridine rings is 1. The Bertz CT molecular complexity index is 564. The van der Waals surface area contributed by atoms with Gasteiger partial charge in [-0.3, -0.25) is 9.78 Å². The van der Waals surface area contributed by atoms with Crippen molar-refractivity contribution in [2.75, 3.05) is 0 Å². The van der Waals surface area contributed by atoms with Crippen LogP contribution in [0.5, 0.6) is 0 Å². The molecule has 0 saturated carbocycles. The first-order valence-electron chi connectivity index (χ1n) is 5.57. The largest absolute Gasteiger partial charge is 0.481 e. The van der Waals surface area contributed by atoms with Crippen LogP contribution >= 0.6 is 0 Å². The fourth-order valence-electron chi connectivity index (χ4n) is 2.04. The molecule has 4 nitrogen and oxygen atoms in total. The third-order valence-electron chi connectivity index (χ3n) is 2.73. The molecule has 0 atom stereocenters. The van der Waals surface area contributed by atoms with Crippen LogP contribution in [0.25, 0.3) is 11.0 Å². The van der Waals surface area contributed by atoms with E-state index >= 15 is 0 Å². The zero-order chi connectivity index (χ0) is 12.6. The molecular formula is C13H16N2O2. The van der Waals surface area contributed by atoms with E-state index in [9.17, 15) is 4.79 Å². The second-order valence-electron chi connectivity index (χ2n) is 5.20. The van der Waals surface area contributed by atoms with Crippen LogP contribution < -0.4 is 0 Å². The number of hydrogen-bond acceptors (Lipinski definition) is 2. The van der Waals surface area contributed by atoms with E-state index in [2.05, 4.69) is 30.7 Å². The first kappa shape index (κ1) is 11.6. The van der Waals surface area contributed by atoms with Crippen molar-refractivity contribution in [3.8, 4) is 0 Å². The van der Waals surface area contributed by atoms with Gasteiger partial charge in [0.15, 0.2) is 0 Å². The van der Waals surface area contributed by atoms with E-state index in [1.807, 2.05) is 12.1 Å². The molecule has 0 aliphatic carbocycles. The van der Waals surface area contributed by atoms with Crippen molar-refractivity contribution in [1.82, 2.24) is 9.97 Å². The summed E-state index contributed by atoms with van der Waals surface area (Å²) in [6.07, 6.45) is 1.69. The van der Waals surface area contributed by atoms with Gasteiger partial charge >= 0.3 is 5.97 Å². The van der Waals surface area contributed by atoms with Gasteiger partial charge in [-0.2, -0.15) is 0 Å². The summed E-state index contributed by atoms with van der Waals surface area (Å²) in [5, 5.41) is 8.99. The lowest BCUT2D eigenvalue weighted by molar-refractivity contribution is -0.136. The summed E-state index contributed by atoms with van der Waals surface area (Å²) in [5.41, 5.74) is 3.29. The maximum atomic E-state index is 10.9. The number of hydrogen-bond donors (Lipinski definition) is 2. The Kier molecular flexibility index (Phi) is 2.65. The Labute approximate surface area is 99.7 Å². The van der Waals surface area contributed by atoms with Crippen molar-refractivity contribution >= 4 is 17.0 Å². The number of aromatic nitrogens is 2. The molecule has 17 heavy (non-hydrogen) atoms. The molecule has 0 saturated heterocycles. The van der Waals surface area contributed by atoms with Crippen molar-refractivity contribution in [1.29, 1.82) is 0 Å². The van der Waals surface area contributed by atoms with E-state index < -0.39 is 5.97 Å². The maximum Gasteiger partial charge on any atom is 0.307 e. The standard InChI is InChI=1S/C13H16N2O2/c1-13(2,3)12-8(7-10(16)17)11-9(15-12)5-4-6-14-11/h4-6,15H,7H2,1-3H3,(H,16,17). The average Bonchev–Trinajstić information content (AvgIpc) is 2.56. The Morgan fingerprint density at radius 3 is 2.76 bits per heavy atom. The number of fused-ring (bicyclic) bond motifs is 1. The predicted molar refractivity (Wildman–Crippen MR) is 66.1 cm³/mol. The third kappa shape index (κ3) is 2.16. The van der Waals surface area contributed by atoms with Crippen LogP contribution in [0.15, 0.2) is 18.3 Å². The SMILES string of the molecule is CC(C)(C)c1[nH]c2cccnc2c1CC(=O)O. The molecule has 0 aliphatic heterocycles. The van der Waals surface area contributed by atoms with E-state index in [0.29, 0.717) is 0 Å². The van der Waals surface area contributed by atoms with E-state index in [4.69, 9.17) is 5.11 Å². The zero-order valence-corrected chi connectivity index (χ0v) is 10.2. The lowest BCUT2D eigenvalue weighted by atomic mass is 9.88. The lowest BCUT2D eigenvalue weighted by Crippen LogP contribution is -2.16. The van der Waals surface area contributed by atoms with Crippen molar-refractivity contribution in [2.45, 2.75) is 32.6 Å². The fourth-order valence-corrected chi connectivity index (χ4v) is 2.04. The molecule has 2 heterocycles. The van der Waals surface area contributed by atoms with Crippen molar-refractivity contribution < 1.29 is 9.90 Å². The van der Waals surface area contributed by atoms with Crippen molar-refractivity contribution in [2.24, 2.45) is 0 Å². The summed E-state index contributed by atoms with van der Waals surface area (Å²) in [6, 6.07) is 3.76. The monoisotopic (exact) mass is 232 g/mol. The van der Waals surface area contributed by atoms with Gasteiger partial charge in [0.2, 0.25) is 0 Å². The highest BCUT2D eigenvalue weighted by Crippen LogP contribution is 2.30. The Morgan fingerprint density at radius 2 is 2.18 bits per heavy atom. The number of carboxylic acid groups (broad SMARTS) is 1. The number of rotatable bonds is 2. The minimum absolute atomic E-state index is 0.00359. The van der Waals surface area contributed by atoms with Gasteiger partial charge in [-0.05, 0) is 12.1 Å². The Morgan fingerprint density at radius 1 is 1.47 bits per heavy atom. The normalized spacial score (nSPS) is 11.9. The highest BCUT2D eigenvalue weighted by Gasteiger charge is 2.24. The summed E-state index contributed by atoms with van der Waals surface area (Å²) in [4.78, 5) is 18.5. The number of nitrogens with zero attached hydrogens (tertiary/aromatic N) is 1. The molecule has 2 rings (SSSR count). The number of carbonyl (C=O) groups is 1. The molecule has 90 valence electrons. The van der Waals surface area contributed by atoms with Crippen molar-refractivity contribution in [3.05, 3.63) is 29.6 Å². The topological polar surface area (TPSA) is 66.0 Å². The van der Waals surface area contributed by atoms with E-state index in [-0.39, 0.29) is 11.8 Å². The van der Waals surface area contributed by atoms with Crippen LogP contribution in [0, 0.1) is 0 Å². The molecule has 0 aliphatic rings. The molecule has 0 bridgehead atoms. The predicted octanol–water partition coefficient (Wildman–Crippen LogP) is 2.49. The lowest BCUT2D eigenvalue weighted by Gasteiger charge is -2.18. The quantitative estimate of drug-likeness (QED) is 0.836. The van der Waals surface area contributed by atoms with E-state index in [1.54, 1.807) is 6.20 Å². The summed E-state index contributed by atoms with van der Waals surface area (Å²) in [5.74, 6) is -0.831. The van der Waals surface area contributed by atoms with Gasteiger partial charge in [0.25, 0.3) is 0 Å². The summed E-state index contributed by atoms with van der Waals surface area (Å²) in [6.45, 7) is 6.18. The zero-order valence-electron chi connectivity index (χ0n) is 10.2. The maximum absolute atomic E-state index is 10.9. The molecule has 0 amide bonds. The number of nitrogens with one attached hydrogen (secondary N) is 1. The molecule has 0 radical (unpaired) electrons. The van der Waals surface area contributed by atoms with Gasteiger partial charge in [-0.1, -0.05) is 20.8 Å². The van der Waals surface area contributed by atoms with Gasteiger partial charge in [0, 0.05) is 22.9 Å². The van der Waals surface area contributed by atoms with Gasteiger partial charge in [-0.15, -0.1) is 0 Å². The molecule has 4 heteroatoms. The van der Waals surface area contributed by atoms with Gasteiger partial charge in [-0.25, -0.2) is 0 Å². The molecule has 2 aromatic rings. The number of aromatic amines is 1. The summed E-state index contributed by atoms with van der Waals surface area (Å²) >= 11 is 0. The first-order chi connectivity index (χ1) is 7.89. The molecule has 2 N–H and O–H groups in total. The second-order valence-corrected chi connectivity index (χ2v) is 5.20. The van der Waals surface area contributed by atoms with Gasteiger partial charge in [0.1, 0.15) is 0 Å². The third-order valence-corrected chi connectivity index (χ3v) is 2.73. The first-order valence-corrected chi connectivity index (χ1v) is 5.57. The van der Waals surface area contributed by atoms with Crippen molar-refractivity contribution in [3.63, 3.8) is 0 Å². The minimum atomic E-state index is -0.831. The highest BCUT2D eigenvalue weighted by molar-refractivity contribution is 5.85. The van der Waals surface area contributed by atoms with E-state index in [1.165, 1.54) is 0 Å². The summed E-state index contributed by atoms with van der Waals surface area (Å²) < 4.78 is 0. The van der Waals surface area contributed by atoms with Crippen LogP contribution in [0.4, 0.5) is 0 Å². The number of H-pyrrole nitrogens is 1. The average molecular weight is 232 g/mol. The van der Waals surface area contributed by atoms with E-state index in [0.717, 1.165) is 22.3 Å². The Hall–Kier alpha value is -1.84. The van der Waals surface area contributed by atoms with Crippen LogP contribution in [0.3, 0.4) is 0 Å². The van der Waals surface area contributed by atoms with Crippen LogP contribution in [-0.4, -0.2) is 21.0 Å². The molecule has 0 spiro atoms. The van der Waals surface area contributed by atoms with Crippen LogP contribution in [-0.2, 0) is 16.6 Å². The molecule has 0 aromatic carbocycles. The fraction of sp³-hybridized carbons (Fsp3) is 0.385. The second kappa shape index (κ2) is 3.87. The van der Waals surface area contributed by atoms with Gasteiger partial charge in [0.05, 0.1) is 17.5 Å². The minimum Gasteiger partial charge on any atom is -0.481 e. The Balaban J connectivity index is 2.69. The summed E-state index contributed by atoms with van der Waals surface area (Å²) in [7, 11) is 0.